The number of fused-ring (bicyclic) bond motifs is 2. The number of aliphatic hydroxyl groups is 1. The zero-order valence-corrected chi connectivity index (χ0v) is 29.4. The van der Waals surface area contributed by atoms with E-state index in [9.17, 15) is 24.3 Å². The van der Waals surface area contributed by atoms with Gasteiger partial charge in [-0.25, -0.2) is 0 Å². The van der Waals surface area contributed by atoms with Gasteiger partial charge in [0.15, 0.2) is 13.9 Å². The summed E-state index contributed by atoms with van der Waals surface area (Å²) in [7, 11) is -2.95. The van der Waals surface area contributed by atoms with E-state index in [0.29, 0.717) is 18.8 Å². The Balaban J connectivity index is 1.29. The molecule has 12 heteroatoms. The number of piperidine rings is 1. The molecule has 3 saturated heterocycles. The van der Waals surface area contributed by atoms with Crippen LogP contribution in [0.5, 0.6) is 0 Å². The molecule has 0 bridgehead atoms. The topological polar surface area (TPSA) is 131 Å². The minimum atomic E-state index is -2.95. The van der Waals surface area contributed by atoms with Crippen LogP contribution in [-0.4, -0.2) is 79.2 Å². The van der Waals surface area contributed by atoms with Gasteiger partial charge in [-0.05, 0) is 81.2 Å². The number of carbonyl (C=O) groups is 3. The van der Waals surface area contributed by atoms with Crippen molar-refractivity contribution in [2.24, 2.45) is 11.8 Å². The van der Waals surface area contributed by atoms with Crippen molar-refractivity contribution in [1.29, 1.82) is 0 Å². The fourth-order valence-corrected chi connectivity index (χ4v) is 11.2. The van der Waals surface area contributed by atoms with Gasteiger partial charge in [0.2, 0.25) is 11.8 Å². The van der Waals surface area contributed by atoms with Crippen LogP contribution in [0.4, 0.5) is 11.4 Å². The van der Waals surface area contributed by atoms with E-state index in [4.69, 9.17) is 4.74 Å². The number of hydrogen-bond acceptors (Lipinski definition) is 7. The lowest BCUT2D eigenvalue weighted by Crippen LogP contribution is -2.46. The Morgan fingerprint density at radius 2 is 1.98 bits per heavy atom. The average molecular weight is 714 g/mol. The van der Waals surface area contributed by atoms with Gasteiger partial charge in [0.1, 0.15) is 0 Å². The van der Waals surface area contributed by atoms with Gasteiger partial charge in [0.05, 0.1) is 43.3 Å². The van der Waals surface area contributed by atoms with Crippen molar-refractivity contribution in [1.82, 2.24) is 10.2 Å². The Kier molecular flexibility index (Phi) is 9.50. The van der Waals surface area contributed by atoms with Gasteiger partial charge in [-0.15, -0.1) is 0 Å². The number of amides is 3. The normalized spacial score (nSPS) is 29.4. The maximum atomic E-state index is 14.8. The molecule has 0 saturated carbocycles. The number of ether oxygens (including phenoxy) is 1. The molecule has 1 spiro atoms. The number of rotatable bonds is 8. The maximum absolute atomic E-state index is 14.8. The number of nitrogens with one attached hydrogen (secondary N) is 2. The summed E-state index contributed by atoms with van der Waals surface area (Å²) >= 11 is 3.60. The molecule has 4 N–H and O–H groups in total. The van der Waals surface area contributed by atoms with Crippen LogP contribution in [0.15, 0.2) is 46.9 Å². The summed E-state index contributed by atoms with van der Waals surface area (Å²) in [6.07, 6.45) is 2.81. The third-order valence-electron chi connectivity index (χ3n) is 10.4. The summed E-state index contributed by atoms with van der Waals surface area (Å²) < 4.78 is 7.66. The van der Waals surface area contributed by atoms with Crippen LogP contribution in [0, 0.1) is 11.8 Å². The number of carbonyl (C=O) groups excluding carboxylic acids is 3. The predicted molar refractivity (Wildman–Crippen MR) is 182 cm³/mol. The third-order valence-corrected chi connectivity index (χ3v) is 13.4. The van der Waals surface area contributed by atoms with Crippen molar-refractivity contribution in [3.05, 3.63) is 58.1 Å². The zero-order valence-electron chi connectivity index (χ0n) is 26.8. The monoisotopic (exact) mass is 712 g/mol. The summed E-state index contributed by atoms with van der Waals surface area (Å²) in [5.41, 5.74) is 1.24. The summed E-state index contributed by atoms with van der Waals surface area (Å²) in [4.78, 5) is 56.3. The summed E-state index contributed by atoms with van der Waals surface area (Å²) in [6, 6.07) is 13.1. The average Bonchev–Trinajstić information content (AvgIpc) is 3.68. The molecule has 2 aromatic rings. The van der Waals surface area contributed by atoms with E-state index in [-0.39, 0.29) is 54.8 Å². The number of likely N-dealkylation sites (tertiary alicyclic amines) is 1. The van der Waals surface area contributed by atoms with Gasteiger partial charge in [0, 0.05) is 40.3 Å². The smallest absolute Gasteiger partial charge is 0.264 e. The Bertz CT molecular complexity index is 1500. The van der Waals surface area contributed by atoms with Crippen LogP contribution in [-0.2, 0) is 31.3 Å². The first kappa shape index (κ1) is 33.3. The minimum absolute atomic E-state index is 0.00872. The molecule has 2 aromatic carbocycles. The van der Waals surface area contributed by atoms with Crippen molar-refractivity contribution in [3.8, 4) is 0 Å². The highest BCUT2D eigenvalue weighted by Crippen LogP contribution is 2.60. The Hall–Kier alpha value is -2.61. The molecule has 0 radical (unpaired) electrons. The van der Waals surface area contributed by atoms with Crippen molar-refractivity contribution in [2.75, 3.05) is 36.5 Å². The van der Waals surface area contributed by atoms with E-state index in [1.54, 1.807) is 9.80 Å². The zero-order chi connectivity index (χ0) is 32.8. The largest absolute Gasteiger partial charge is 0.432 e. The molecule has 46 heavy (non-hydrogen) atoms. The standard InChI is InChI=1S/C34H45BrN4O6Si/c1-21-31(46(2,3)44)29(17-30(41)38-14-6-10-26(38)20-40)45-34(21)27-16-24(35)11-12-28(27)39(33(34)43)19-22-7-4-9-25(15-22)37-32(42)23-8-5-13-36-18-23/h4,7,9,11-12,15-16,21,23,26,29,31,36,40,44H,5-6,8,10,13-14,17-20H2,1-3H3,(H,37,42)/t21-,23?,26+,29+,31-,34+/m1/s1. The second-order valence-corrected chi connectivity index (χ2v) is 18.8. The fourth-order valence-electron chi connectivity index (χ4n) is 8.30. The van der Waals surface area contributed by atoms with E-state index < -0.39 is 25.9 Å². The fraction of sp³-hybridized carbons (Fsp3) is 0.559. The van der Waals surface area contributed by atoms with E-state index in [1.807, 2.05) is 62.5 Å². The number of halogens is 1. The van der Waals surface area contributed by atoms with Gasteiger partial charge in [0.25, 0.3) is 5.91 Å². The van der Waals surface area contributed by atoms with Gasteiger partial charge >= 0.3 is 0 Å². The molecule has 0 aliphatic carbocycles. The Labute approximate surface area is 280 Å². The first-order valence-electron chi connectivity index (χ1n) is 16.5. The lowest BCUT2D eigenvalue weighted by molar-refractivity contribution is -0.150. The van der Waals surface area contributed by atoms with Crippen LogP contribution in [0.1, 0.15) is 50.2 Å². The lowest BCUT2D eigenvalue weighted by atomic mass is 9.82. The van der Waals surface area contributed by atoms with Crippen molar-refractivity contribution >= 4 is 53.3 Å². The van der Waals surface area contributed by atoms with Crippen LogP contribution < -0.4 is 15.5 Å². The SMILES string of the molecule is C[C@@H]1[C@@H]([Si](C)(C)O)[C@H](CC(=O)N2CCC[C@H]2CO)O[C@@]12C(=O)N(Cc1cccc(NC(=O)C3CCCNC3)c1)c1ccc(Br)cc12. The molecule has 6 rings (SSSR count). The van der Waals surface area contributed by atoms with Gasteiger partial charge in [-0.1, -0.05) is 35.0 Å². The second kappa shape index (κ2) is 13.1. The molecule has 1 unspecified atom stereocenters. The van der Waals surface area contributed by atoms with E-state index in [2.05, 4.69) is 26.6 Å². The lowest BCUT2D eigenvalue weighted by Gasteiger charge is -2.33. The van der Waals surface area contributed by atoms with Crippen LogP contribution in [0.2, 0.25) is 18.6 Å². The number of nitrogens with zero attached hydrogens (tertiary/aromatic N) is 2. The molecule has 0 aromatic heterocycles. The van der Waals surface area contributed by atoms with Crippen molar-refractivity contribution in [3.63, 3.8) is 0 Å². The van der Waals surface area contributed by atoms with Gasteiger partial charge in [-0.3, -0.25) is 14.4 Å². The number of aliphatic hydroxyl groups excluding tert-OH is 1. The van der Waals surface area contributed by atoms with Crippen molar-refractivity contribution < 1.29 is 29.0 Å². The van der Waals surface area contributed by atoms with E-state index in [0.717, 1.165) is 53.5 Å². The highest BCUT2D eigenvalue weighted by molar-refractivity contribution is 9.10. The van der Waals surface area contributed by atoms with Crippen molar-refractivity contribution in [2.45, 2.75) is 82.0 Å². The summed E-state index contributed by atoms with van der Waals surface area (Å²) in [6.45, 7) is 8.03. The molecule has 4 aliphatic heterocycles. The molecule has 4 aliphatic rings. The predicted octanol–water partition coefficient (Wildman–Crippen LogP) is 4.11. The number of hydrogen-bond donors (Lipinski definition) is 4. The Morgan fingerprint density at radius 3 is 2.70 bits per heavy atom. The molecule has 10 nitrogen and oxygen atoms in total. The van der Waals surface area contributed by atoms with E-state index in [1.165, 1.54) is 0 Å². The minimum Gasteiger partial charge on any atom is -0.432 e. The van der Waals surface area contributed by atoms with Crippen LogP contribution in [0.25, 0.3) is 0 Å². The van der Waals surface area contributed by atoms with Crippen LogP contribution >= 0.6 is 15.9 Å². The Morgan fingerprint density at radius 1 is 1.17 bits per heavy atom. The number of anilines is 2. The highest BCUT2D eigenvalue weighted by atomic mass is 79.9. The number of benzene rings is 2. The first-order chi connectivity index (χ1) is 21.9. The second-order valence-electron chi connectivity index (χ2n) is 13.9. The molecule has 3 fully saturated rings. The quantitative estimate of drug-likeness (QED) is 0.303. The molecule has 3 amide bonds. The van der Waals surface area contributed by atoms with Gasteiger partial charge in [-0.2, -0.15) is 0 Å². The molecule has 4 heterocycles. The molecular formula is C34H45BrN4O6Si. The van der Waals surface area contributed by atoms with Crippen LogP contribution in [0.3, 0.4) is 0 Å². The van der Waals surface area contributed by atoms with E-state index >= 15 is 0 Å². The third kappa shape index (κ3) is 6.08. The highest BCUT2D eigenvalue weighted by Gasteiger charge is 2.66. The van der Waals surface area contributed by atoms with Gasteiger partial charge < -0.3 is 35.1 Å². The molecular weight excluding hydrogens is 668 g/mol. The first-order valence-corrected chi connectivity index (χ1v) is 20.3. The summed E-state index contributed by atoms with van der Waals surface area (Å²) in [5.74, 6) is -0.817. The molecule has 248 valence electrons. The summed E-state index contributed by atoms with van der Waals surface area (Å²) in [5, 5.41) is 16.2. The molecule has 6 atom stereocenters. The maximum Gasteiger partial charge on any atom is 0.264 e.